The summed E-state index contributed by atoms with van der Waals surface area (Å²) >= 11 is 0. The van der Waals surface area contributed by atoms with Crippen molar-refractivity contribution in [3.63, 3.8) is 0 Å². The van der Waals surface area contributed by atoms with Crippen LogP contribution in [0.4, 0.5) is 8.78 Å². The van der Waals surface area contributed by atoms with Gasteiger partial charge in [0.1, 0.15) is 0 Å². The molecule has 2 unspecified atom stereocenters. The van der Waals surface area contributed by atoms with Crippen LogP contribution in [0.25, 0.3) is 0 Å². The third kappa shape index (κ3) is 1.95. The van der Waals surface area contributed by atoms with Crippen LogP contribution >= 0.6 is 0 Å². The van der Waals surface area contributed by atoms with Crippen LogP contribution < -0.4 is 0 Å². The standard InChI is InChI=1S/C12H16F2O5S/c13-12(14,20(16,17)18)10(15)19-6-11-4-7-1-8(5-11)3-9(11)2-7/h7-9H,1-6H2,(H,16,17,18). The van der Waals surface area contributed by atoms with E-state index in [0.717, 1.165) is 32.1 Å². The van der Waals surface area contributed by atoms with Gasteiger partial charge in [0.2, 0.25) is 0 Å². The minimum absolute atomic E-state index is 0.172. The Morgan fingerprint density at radius 2 is 1.80 bits per heavy atom. The van der Waals surface area contributed by atoms with Gasteiger partial charge >= 0.3 is 21.3 Å². The van der Waals surface area contributed by atoms with Crippen molar-refractivity contribution in [1.82, 2.24) is 0 Å². The Balaban J connectivity index is 1.68. The molecule has 0 heterocycles. The highest BCUT2D eigenvalue weighted by molar-refractivity contribution is 7.87. The van der Waals surface area contributed by atoms with Gasteiger partial charge in [-0.3, -0.25) is 4.55 Å². The molecule has 4 fully saturated rings. The second kappa shape index (κ2) is 4.13. The fourth-order valence-electron chi connectivity index (χ4n) is 4.60. The molecule has 4 aliphatic carbocycles. The van der Waals surface area contributed by atoms with E-state index in [2.05, 4.69) is 4.74 Å². The van der Waals surface area contributed by atoms with Gasteiger partial charge in [0.15, 0.2) is 0 Å². The molecule has 114 valence electrons. The predicted octanol–water partition coefficient (Wildman–Crippen LogP) is 1.84. The van der Waals surface area contributed by atoms with E-state index in [1.165, 1.54) is 0 Å². The van der Waals surface area contributed by atoms with E-state index in [1.54, 1.807) is 0 Å². The molecule has 4 bridgehead atoms. The highest BCUT2D eigenvalue weighted by atomic mass is 32.2. The van der Waals surface area contributed by atoms with Crippen LogP contribution in [-0.4, -0.2) is 30.8 Å². The van der Waals surface area contributed by atoms with Gasteiger partial charge in [0.25, 0.3) is 0 Å². The Labute approximate surface area is 115 Å². The molecule has 0 aromatic rings. The molecule has 5 nitrogen and oxygen atoms in total. The Hall–Kier alpha value is -0.760. The molecule has 0 aromatic carbocycles. The second-order valence-corrected chi connectivity index (χ2v) is 7.94. The molecular formula is C12H16F2O5S. The Kier molecular flexibility index (Phi) is 2.93. The molecule has 0 saturated heterocycles. The molecule has 1 N–H and O–H groups in total. The van der Waals surface area contributed by atoms with Crippen molar-refractivity contribution in [3.05, 3.63) is 0 Å². The predicted molar refractivity (Wildman–Crippen MR) is 63.4 cm³/mol. The molecule has 2 atom stereocenters. The normalized spacial score (nSPS) is 39.2. The summed E-state index contributed by atoms with van der Waals surface area (Å²) in [5.41, 5.74) is -0.251. The van der Waals surface area contributed by atoms with Gasteiger partial charge in [-0.25, -0.2) is 4.79 Å². The zero-order valence-electron chi connectivity index (χ0n) is 10.7. The van der Waals surface area contributed by atoms with Crippen LogP contribution in [0.5, 0.6) is 0 Å². The molecule has 0 amide bonds. The van der Waals surface area contributed by atoms with Gasteiger partial charge < -0.3 is 4.74 Å². The topological polar surface area (TPSA) is 80.7 Å². The average Bonchev–Trinajstić information content (AvgIpc) is 2.70. The van der Waals surface area contributed by atoms with E-state index in [9.17, 15) is 22.0 Å². The molecule has 0 aliphatic heterocycles. The van der Waals surface area contributed by atoms with Gasteiger partial charge in [0, 0.05) is 5.41 Å². The summed E-state index contributed by atoms with van der Waals surface area (Å²) in [4.78, 5) is 11.2. The number of carbonyl (C=O) groups excluding carboxylic acids is 1. The van der Waals surface area contributed by atoms with Crippen LogP contribution in [0.2, 0.25) is 0 Å². The quantitative estimate of drug-likeness (QED) is 0.633. The number of hydrogen-bond acceptors (Lipinski definition) is 4. The first-order valence-corrected chi connectivity index (χ1v) is 8.10. The fraction of sp³-hybridized carbons (Fsp3) is 0.917. The van der Waals surface area contributed by atoms with E-state index >= 15 is 0 Å². The van der Waals surface area contributed by atoms with E-state index in [1.807, 2.05) is 0 Å². The zero-order valence-corrected chi connectivity index (χ0v) is 11.5. The lowest BCUT2D eigenvalue weighted by Gasteiger charge is -2.32. The highest BCUT2D eigenvalue weighted by Gasteiger charge is 2.60. The first-order chi connectivity index (χ1) is 9.14. The number of alkyl halides is 2. The number of ether oxygens (including phenoxy) is 1. The molecule has 8 heteroatoms. The van der Waals surface area contributed by atoms with Crippen molar-refractivity contribution < 1.29 is 31.3 Å². The number of halogens is 2. The summed E-state index contributed by atoms with van der Waals surface area (Å²) in [5, 5.41) is -4.89. The Morgan fingerprint density at radius 1 is 1.25 bits per heavy atom. The number of rotatable bonds is 4. The van der Waals surface area contributed by atoms with Gasteiger partial charge in [-0.2, -0.15) is 17.2 Å². The molecule has 4 rings (SSSR count). The maximum Gasteiger partial charge on any atom is 0.465 e. The van der Waals surface area contributed by atoms with Gasteiger partial charge in [-0.15, -0.1) is 0 Å². The van der Waals surface area contributed by atoms with Gasteiger partial charge in [-0.1, -0.05) is 0 Å². The lowest BCUT2D eigenvalue weighted by molar-refractivity contribution is -0.166. The van der Waals surface area contributed by atoms with E-state index in [-0.39, 0.29) is 12.0 Å². The number of carbonyl (C=O) groups is 1. The molecule has 4 saturated carbocycles. The van der Waals surface area contributed by atoms with Crippen LogP contribution in [0.3, 0.4) is 0 Å². The summed E-state index contributed by atoms with van der Waals surface area (Å²) in [7, 11) is -5.78. The summed E-state index contributed by atoms with van der Waals surface area (Å²) in [6.07, 6.45) is 4.97. The first-order valence-electron chi connectivity index (χ1n) is 6.66. The third-order valence-corrected chi connectivity index (χ3v) is 6.03. The summed E-state index contributed by atoms with van der Waals surface area (Å²) in [5.74, 6) is -0.638. The maximum atomic E-state index is 13.1. The van der Waals surface area contributed by atoms with E-state index in [4.69, 9.17) is 4.55 Å². The van der Waals surface area contributed by atoms with Crippen molar-refractivity contribution in [2.75, 3.05) is 6.61 Å². The number of esters is 1. The summed E-state index contributed by atoms with van der Waals surface area (Å²) in [6, 6.07) is 0. The first kappa shape index (κ1) is 14.2. The smallest absolute Gasteiger partial charge is 0.460 e. The van der Waals surface area contributed by atoms with Crippen molar-refractivity contribution in [2.45, 2.75) is 37.4 Å². The molecule has 0 spiro atoms. The Morgan fingerprint density at radius 3 is 2.30 bits per heavy atom. The zero-order chi connectivity index (χ0) is 14.8. The van der Waals surface area contributed by atoms with Crippen molar-refractivity contribution in [1.29, 1.82) is 0 Å². The highest BCUT2D eigenvalue weighted by Crippen LogP contribution is 2.65. The molecule has 20 heavy (non-hydrogen) atoms. The minimum atomic E-state index is -5.78. The van der Waals surface area contributed by atoms with Gasteiger partial charge in [0.05, 0.1) is 6.61 Å². The summed E-state index contributed by atoms with van der Waals surface area (Å²) < 4.78 is 60.1. The van der Waals surface area contributed by atoms with E-state index in [0.29, 0.717) is 17.8 Å². The van der Waals surface area contributed by atoms with Crippen LogP contribution in [0.15, 0.2) is 0 Å². The van der Waals surface area contributed by atoms with Crippen molar-refractivity contribution in [3.8, 4) is 0 Å². The van der Waals surface area contributed by atoms with E-state index < -0.39 is 21.3 Å². The fourth-order valence-corrected chi connectivity index (χ4v) is 4.87. The van der Waals surface area contributed by atoms with Crippen LogP contribution in [-0.2, 0) is 19.6 Å². The molecule has 0 radical (unpaired) electrons. The summed E-state index contributed by atoms with van der Waals surface area (Å²) in [6.45, 7) is -0.172. The molecule has 4 aliphatic rings. The third-order valence-electron chi connectivity index (χ3n) is 5.21. The minimum Gasteiger partial charge on any atom is -0.460 e. The largest absolute Gasteiger partial charge is 0.465 e. The molecular weight excluding hydrogens is 294 g/mol. The van der Waals surface area contributed by atoms with Crippen LogP contribution in [0, 0.1) is 23.2 Å². The lowest BCUT2D eigenvalue weighted by Crippen LogP contribution is -2.41. The van der Waals surface area contributed by atoms with Crippen LogP contribution in [0.1, 0.15) is 32.1 Å². The van der Waals surface area contributed by atoms with Gasteiger partial charge in [-0.05, 0) is 49.9 Å². The lowest BCUT2D eigenvalue weighted by atomic mass is 9.76. The molecule has 0 aromatic heterocycles. The maximum absolute atomic E-state index is 13.1. The second-order valence-electron chi connectivity index (χ2n) is 6.47. The SMILES string of the molecule is O=C(OCC12CC3CC(CC1C3)C2)C(F)(F)S(=O)(=O)O. The van der Waals surface area contributed by atoms with Crippen molar-refractivity contribution in [2.24, 2.45) is 23.2 Å². The average molecular weight is 310 g/mol. The monoisotopic (exact) mass is 310 g/mol. The van der Waals surface area contributed by atoms with Crippen molar-refractivity contribution >= 4 is 16.1 Å². The number of hydrogen-bond donors (Lipinski definition) is 1. The Bertz CT molecular complexity index is 530.